The molecule has 2 rings (SSSR count). The Kier molecular flexibility index (Phi) is 3.97. The fraction of sp³-hybridized carbons (Fsp3) is 0. The van der Waals surface area contributed by atoms with E-state index in [9.17, 15) is 4.79 Å². The van der Waals surface area contributed by atoms with Crippen molar-refractivity contribution >= 4 is 50.6 Å². The van der Waals surface area contributed by atoms with Gasteiger partial charge in [-0.05, 0) is 36.4 Å². The zero-order chi connectivity index (χ0) is 14.0. The van der Waals surface area contributed by atoms with Crippen molar-refractivity contribution in [3.63, 3.8) is 0 Å². The molecule has 98 valence electrons. The van der Waals surface area contributed by atoms with E-state index >= 15 is 0 Å². The number of hydrogen-bond acceptors (Lipinski definition) is 3. The molecule has 0 aliphatic carbocycles. The second kappa shape index (κ2) is 5.50. The van der Waals surface area contributed by atoms with Crippen molar-refractivity contribution < 1.29 is 9.90 Å². The normalized spacial score (nSPS) is 10.2. The molecule has 2 aromatic carbocycles. The van der Waals surface area contributed by atoms with E-state index in [1.165, 1.54) is 6.07 Å². The van der Waals surface area contributed by atoms with Crippen LogP contribution in [0.2, 0.25) is 5.02 Å². The monoisotopic (exact) mass is 340 g/mol. The molecule has 4 N–H and O–H groups in total. The maximum absolute atomic E-state index is 11.2. The Labute approximate surface area is 123 Å². The molecule has 0 radical (unpaired) electrons. The molecule has 0 heterocycles. The van der Waals surface area contributed by atoms with E-state index in [0.717, 1.165) is 4.47 Å². The topological polar surface area (TPSA) is 75.3 Å². The third kappa shape index (κ3) is 3.19. The van der Waals surface area contributed by atoms with Crippen LogP contribution in [0.1, 0.15) is 10.4 Å². The number of benzene rings is 2. The van der Waals surface area contributed by atoms with Gasteiger partial charge in [0.15, 0.2) is 0 Å². The Hall–Kier alpha value is -1.72. The first kappa shape index (κ1) is 13.7. The molecule has 2 aromatic rings. The molecular formula is C13H10BrClN2O2. The fourth-order valence-corrected chi connectivity index (χ4v) is 2.12. The molecule has 0 aliphatic heterocycles. The summed E-state index contributed by atoms with van der Waals surface area (Å²) in [7, 11) is 0. The summed E-state index contributed by atoms with van der Waals surface area (Å²) in [6.45, 7) is 0. The molecule has 0 aromatic heterocycles. The first-order valence-corrected chi connectivity index (χ1v) is 6.49. The molecule has 0 spiro atoms. The van der Waals surface area contributed by atoms with E-state index in [0.29, 0.717) is 22.1 Å². The minimum absolute atomic E-state index is 0.155. The number of halogens is 2. The number of carboxylic acids is 1. The van der Waals surface area contributed by atoms with Gasteiger partial charge >= 0.3 is 5.97 Å². The van der Waals surface area contributed by atoms with Crippen LogP contribution in [-0.2, 0) is 0 Å². The van der Waals surface area contributed by atoms with Crippen molar-refractivity contribution in [2.75, 3.05) is 11.1 Å². The van der Waals surface area contributed by atoms with Crippen LogP contribution in [0.25, 0.3) is 0 Å². The smallest absolute Gasteiger partial charge is 0.337 e. The van der Waals surface area contributed by atoms with Crippen LogP contribution < -0.4 is 11.1 Å². The average Bonchev–Trinajstić information content (AvgIpc) is 2.33. The summed E-state index contributed by atoms with van der Waals surface area (Å²) in [5.74, 6) is -1.02. The van der Waals surface area contributed by atoms with Gasteiger partial charge in [-0.3, -0.25) is 0 Å². The van der Waals surface area contributed by atoms with Crippen molar-refractivity contribution in [1.29, 1.82) is 0 Å². The second-order valence-corrected chi connectivity index (χ2v) is 5.20. The molecule has 0 saturated carbocycles. The molecule has 19 heavy (non-hydrogen) atoms. The second-order valence-electron chi connectivity index (χ2n) is 3.85. The van der Waals surface area contributed by atoms with Crippen molar-refractivity contribution in [1.82, 2.24) is 0 Å². The van der Waals surface area contributed by atoms with Gasteiger partial charge < -0.3 is 16.2 Å². The molecule has 0 saturated heterocycles. The lowest BCUT2D eigenvalue weighted by atomic mass is 10.1. The van der Waals surface area contributed by atoms with Gasteiger partial charge in [-0.2, -0.15) is 0 Å². The average molecular weight is 342 g/mol. The lowest BCUT2D eigenvalue weighted by Crippen LogP contribution is -2.04. The summed E-state index contributed by atoms with van der Waals surface area (Å²) in [6, 6.07) is 9.81. The number of hydrogen-bond donors (Lipinski definition) is 3. The Morgan fingerprint density at radius 3 is 2.63 bits per heavy atom. The van der Waals surface area contributed by atoms with Crippen LogP contribution in [-0.4, -0.2) is 11.1 Å². The highest BCUT2D eigenvalue weighted by molar-refractivity contribution is 9.10. The third-order valence-corrected chi connectivity index (χ3v) is 3.23. The molecule has 0 amide bonds. The van der Waals surface area contributed by atoms with Crippen LogP contribution in [0, 0.1) is 0 Å². The molecule has 6 heteroatoms. The van der Waals surface area contributed by atoms with Gasteiger partial charge in [-0.1, -0.05) is 27.5 Å². The van der Waals surface area contributed by atoms with Crippen LogP contribution in [0.5, 0.6) is 0 Å². The number of nitrogens with one attached hydrogen (secondary N) is 1. The summed E-state index contributed by atoms with van der Waals surface area (Å²) in [5, 5.41) is 12.6. The number of aromatic carboxylic acids is 1. The molecular weight excluding hydrogens is 332 g/mol. The van der Waals surface area contributed by atoms with Crippen molar-refractivity contribution in [3.05, 3.63) is 51.5 Å². The van der Waals surface area contributed by atoms with Gasteiger partial charge in [0, 0.05) is 9.50 Å². The number of nitrogens with two attached hydrogens (primary N) is 1. The van der Waals surface area contributed by atoms with Crippen LogP contribution in [0.15, 0.2) is 40.9 Å². The maximum atomic E-state index is 11.2. The molecule has 4 nitrogen and oxygen atoms in total. The van der Waals surface area contributed by atoms with Gasteiger partial charge in [0.2, 0.25) is 0 Å². The molecule has 0 aliphatic rings. The quantitative estimate of drug-likeness (QED) is 0.734. The van der Waals surface area contributed by atoms with Gasteiger partial charge in [0.05, 0.1) is 22.6 Å². The lowest BCUT2D eigenvalue weighted by molar-refractivity contribution is 0.0698. The van der Waals surface area contributed by atoms with E-state index in [4.69, 9.17) is 22.4 Å². The van der Waals surface area contributed by atoms with Gasteiger partial charge in [-0.25, -0.2) is 4.79 Å². The number of rotatable bonds is 3. The number of anilines is 3. The zero-order valence-corrected chi connectivity index (χ0v) is 12.0. The summed E-state index contributed by atoms with van der Waals surface area (Å²) in [4.78, 5) is 11.2. The molecule has 0 unspecified atom stereocenters. The zero-order valence-electron chi connectivity index (χ0n) is 9.65. The van der Waals surface area contributed by atoms with Crippen LogP contribution in [0.3, 0.4) is 0 Å². The minimum atomic E-state index is -1.02. The molecule has 0 bridgehead atoms. The predicted octanol–water partition coefficient (Wildman–Crippen LogP) is 4.13. The van der Waals surface area contributed by atoms with E-state index in [-0.39, 0.29) is 5.56 Å². The summed E-state index contributed by atoms with van der Waals surface area (Å²) < 4.78 is 0.764. The molecule has 0 atom stereocenters. The van der Waals surface area contributed by atoms with Crippen molar-refractivity contribution in [2.45, 2.75) is 0 Å². The van der Waals surface area contributed by atoms with Gasteiger partial charge in [-0.15, -0.1) is 0 Å². The van der Waals surface area contributed by atoms with Gasteiger partial charge in [0.25, 0.3) is 0 Å². The van der Waals surface area contributed by atoms with E-state index in [2.05, 4.69) is 21.2 Å². The standard InChI is InChI=1S/C13H10BrClN2O2/c14-7-1-3-9(13(18)19)11(5-7)17-12-6-8(15)2-4-10(12)16/h1-6,17H,16H2,(H,18,19). The lowest BCUT2D eigenvalue weighted by Gasteiger charge is -2.12. The maximum Gasteiger partial charge on any atom is 0.337 e. The Morgan fingerprint density at radius 2 is 1.95 bits per heavy atom. The highest BCUT2D eigenvalue weighted by Crippen LogP contribution is 2.30. The minimum Gasteiger partial charge on any atom is -0.478 e. The van der Waals surface area contributed by atoms with Crippen LogP contribution in [0.4, 0.5) is 17.1 Å². The van der Waals surface area contributed by atoms with E-state index < -0.39 is 5.97 Å². The highest BCUT2D eigenvalue weighted by atomic mass is 79.9. The summed E-state index contributed by atoms with van der Waals surface area (Å²) in [5.41, 5.74) is 7.47. The fourth-order valence-electron chi connectivity index (χ4n) is 1.59. The summed E-state index contributed by atoms with van der Waals surface area (Å²) >= 11 is 9.20. The third-order valence-electron chi connectivity index (χ3n) is 2.50. The number of carboxylic acid groups (broad SMARTS) is 1. The summed E-state index contributed by atoms with van der Waals surface area (Å²) in [6.07, 6.45) is 0. The van der Waals surface area contributed by atoms with E-state index in [1.807, 2.05) is 0 Å². The van der Waals surface area contributed by atoms with Crippen molar-refractivity contribution in [3.8, 4) is 0 Å². The SMILES string of the molecule is Nc1ccc(Cl)cc1Nc1cc(Br)ccc1C(=O)O. The Balaban J connectivity index is 2.45. The first-order valence-electron chi connectivity index (χ1n) is 5.32. The molecule has 0 fully saturated rings. The first-order chi connectivity index (χ1) is 8.97. The number of nitrogen functional groups attached to an aromatic ring is 1. The van der Waals surface area contributed by atoms with E-state index in [1.54, 1.807) is 30.3 Å². The van der Waals surface area contributed by atoms with Crippen LogP contribution >= 0.6 is 27.5 Å². The Morgan fingerprint density at radius 1 is 1.21 bits per heavy atom. The highest BCUT2D eigenvalue weighted by Gasteiger charge is 2.11. The number of carbonyl (C=O) groups is 1. The van der Waals surface area contributed by atoms with Gasteiger partial charge in [0.1, 0.15) is 0 Å². The predicted molar refractivity (Wildman–Crippen MR) is 80.2 cm³/mol. The largest absolute Gasteiger partial charge is 0.478 e. The van der Waals surface area contributed by atoms with Crippen molar-refractivity contribution in [2.24, 2.45) is 0 Å². The Bertz CT molecular complexity index is 647.